The van der Waals surface area contributed by atoms with Gasteiger partial charge in [-0.2, -0.15) is 0 Å². The summed E-state index contributed by atoms with van der Waals surface area (Å²) in [5.41, 5.74) is 6.65. The molecule has 6 heteroatoms. The summed E-state index contributed by atoms with van der Waals surface area (Å²) >= 11 is 0. The second-order valence-corrected chi connectivity index (χ2v) is 4.31. The van der Waals surface area contributed by atoms with Crippen LogP contribution in [-0.2, 0) is 9.47 Å². The molecule has 0 radical (unpaired) electrons. The average Bonchev–Trinajstić information content (AvgIpc) is 2.38. The number of carbonyl (C=O) groups excluding carboxylic acids is 1. The fraction of sp³-hybridized carbons (Fsp3) is 0.583. The van der Waals surface area contributed by atoms with Gasteiger partial charge in [-0.15, -0.1) is 0 Å². The largest absolute Gasteiger partial charge is 0.465 e. The molecule has 0 spiro atoms. The number of aryl methyl sites for hydroxylation is 1. The molecule has 1 aromatic heterocycles. The molecular formula is C12H17N3O3. The maximum absolute atomic E-state index is 11.5. The van der Waals surface area contributed by atoms with Crippen molar-refractivity contribution in [2.45, 2.75) is 25.7 Å². The molecule has 0 amide bonds. The molecule has 98 valence electrons. The quantitative estimate of drug-likeness (QED) is 0.790. The van der Waals surface area contributed by atoms with Crippen molar-refractivity contribution in [3.63, 3.8) is 0 Å². The lowest BCUT2D eigenvalue weighted by Gasteiger charge is -2.21. The molecule has 1 saturated heterocycles. The summed E-state index contributed by atoms with van der Waals surface area (Å²) in [6.45, 7) is 3.17. The van der Waals surface area contributed by atoms with Gasteiger partial charge in [-0.25, -0.2) is 14.8 Å². The summed E-state index contributed by atoms with van der Waals surface area (Å²) in [6.07, 6.45) is 1.77. The van der Waals surface area contributed by atoms with Crippen molar-refractivity contribution in [1.29, 1.82) is 0 Å². The van der Waals surface area contributed by atoms with Gasteiger partial charge in [0.15, 0.2) is 0 Å². The monoisotopic (exact) mass is 251 g/mol. The third-order valence-corrected chi connectivity index (χ3v) is 3.11. The fourth-order valence-electron chi connectivity index (χ4n) is 2.11. The summed E-state index contributed by atoms with van der Waals surface area (Å²) in [6, 6.07) is 0. The molecule has 6 nitrogen and oxygen atoms in total. The lowest BCUT2D eigenvalue weighted by molar-refractivity contribution is 0.0599. The Hall–Kier alpha value is -1.69. The zero-order valence-electron chi connectivity index (χ0n) is 10.6. The van der Waals surface area contributed by atoms with Crippen LogP contribution in [0.2, 0.25) is 0 Å². The van der Waals surface area contributed by atoms with Gasteiger partial charge in [0, 0.05) is 19.1 Å². The van der Waals surface area contributed by atoms with E-state index in [1.165, 1.54) is 7.11 Å². The van der Waals surface area contributed by atoms with Crippen molar-refractivity contribution in [1.82, 2.24) is 9.97 Å². The van der Waals surface area contributed by atoms with E-state index in [1.807, 2.05) is 0 Å². The van der Waals surface area contributed by atoms with Crippen LogP contribution in [0.1, 0.15) is 40.6 Å². The van der Waals surface area contributed by atoms with Crippen molar-refractivity contribution >= 4 is 11.8 Å². The Morgan fingerprint density at radius 3 is 2.61 bits per heavy atom. The van der Waals surface area contributed by atoms with Crippen LogP contribution in [-0.4, -0.2) is 36.3 Å². The van der Waals surface area contributed by atoms with E-state index in [2.05, 4.69) is 14.7 Å². The highest BCUT2D eigenvalue weighted by molar-refractivity contribution is 5.95. The van der Waals surface area contributed by atoms with E-state index in [0.717, 1.165) is 12.8 Å². The van der Waals surface area contributed by atoms with Crippen LogP contribution in [0, 0.1) is 6.92 Å². The number of rotatable bonds is 2. The predicted octanol–water partition coefficient (Wildman–Crippen LogP) is 1.05. The lowest BCUT2D eigenvalue weighted by Crippen LogP contribution is -2.19. The van der Waals surface area contributed by atoms with Gasteiger partial charge in [0.1, 0.15) is 17.2 Å². The van der Waals surface area contributed by atoms with Gasteiger partial charge in [0.05, 0.1) is 12.8 Å². The third-order valence-electron chi connectivity index (χ3n) is 3.11. The van der Waals surface area contributed by atoms with Gasteiger partial charge in [-0.3, -0.25) is 0 Å². The van der Waals surface area contributed by atoms with E-state index in [1.54, 1.807) is 6.92 Å². The molecule has 1 aliphatic rings. The summed E-state index contributed by atoms with van der Waals surface area (Å²) in [5, 5.41) is 0. The highest BCUT2D eigenvalue weighted by Gasteiger charge is 2.23. The number of esters is 1. The molecule has 1 aliphatic heterocycles. The minimum Gasteiger partial charge on any atom is -0.465 e. The molecule has 18 heavy (non-hydrogen) atoms. The molecule has 0 aliphatic carbocycles. The van der Waals surface area contributed by atoms with Crippen LogP contribution in [0.5, 0.6) is 0 Å². The molecule has 2 rings (SSSR count). The van der Waals surface area contributed by atoms with Crippen molar-refractivity contribution < 1.29 is 14.3 Å². The van der Waals surface area contributed by atoms with E-state index in [9.17, 15) is 4.79 Å². The highest BCUT2D eigenvalue weighted by atomic mass is 16.5. The highest BCUT2D eigenvalue weighted by Crippen LogP contribution is 2.26. The second kappa shape index (κ2) is 5.30. The first kappa shape index (κ1) is 12.8. The Labute approximate surface area is 106 Å². The number of nitrogen functional groups attached to an aromatic ring is 1. The standard InChI is InChI=1S/C12H17N3O3/c1-7-9(12(16)17-2)10(13)15-11(14-7)8-3-5-18-6-4-8/h8H,3-6H2,1-2H3,(H2,13,14,15). The minimum atomic E-state index is -0.497. The maximum Gasteiger partial charge on any atom is 0.343 e. The number of hydrogen-bond donors (Lipinski definition) is 1. The minimum absolute atomic E-state index is 0.191. The second-order valence-electron chi connectivity index (χ2n) is 4.31. The molecule has 0 aromatic carbocycles. The average molecular weight is 251 g/mol. The van der Waals surface area contributed by atoms with Crippen LogP contribution in [0.3, 0.4) is 0 Å². The van der Waals surface area contributed by atoms with E-state index < -0.39 is 5.97 Å². The molecule has 0 saturated carbocycles. The molecule has 0 atom stereocenters. The first-order valence-corrected chi connectivity index (χ1v) is 5.93. The van der Waals surface area contributed by atoms with Crippen LogP contribution < -0.4 is 5.73 Å². The SMILES string of the molecule is COC(=O)c1c(C)nc(C2CCOCC2)nc1N. The first-order valence-electron chi connectivity index (χ1n) is 5.93. The van der Waals surface area contributed by atoms with Gasteiger partial charge >= 0.3 is 5.97 Å². The number of nitrogens with two attached hydrogens (primary N) is 1. The van der Waals surface area contributed by atoms with Gasteiger partial charge in [-0.1, -0.05) is 0 Å². The third kappa shape index (κ3) is 2.43. The number of hydrogen-bond acceptors (Lipinski definition) is 6. The molecule has 0 bridgehead atoms. The molecule has 0 unspecified atom stereocenters. The Kier molecular flexibility index (Phi) is 3.76. The summed E-state index contributed by atoms with van der Waals surface area (Å²) in [7, 11) is 1.31. The smallest absolute Gasteiger partial charge is 0.343 e. The van der Waals surface area contributed by atoms with Crippen LogP contribution in [0.15, 0.2) is 0 Å². The Balaban J connectivity index is 2.32. The van der Waals surface area contributed by atoms with E-state index in [0.29, 0.717) is 24.7 Å². The molecule has 2 N–H and O–H groups in total. The van der Waals surface area contributed by atoms with Crippen molar-refractivity contribution in [2.24, 2.45) is 0 Å². The zero-order valence-corrected chi connectivity index (χ0v) is 10.6. The Bertz CT molecular complexity index is 433. The van der Waals surface area contributed by atoms with E-state index in [4.69, 9.17) is 10.5 Å². The summed E-state index contributed by atoms with van der Waals surface area (Å²) < 4.78 is 9.96. The Morgan fingerprint density at radius 2 is 2.06 bits per heavy atom. The van der Waals surface area contributed by atoms with Gasteiger partial charge in [0.2, 0.25) is 0 Å². The molecule has 1 aromatic rings. The molecule has 2 heterocycles. The lowest BCUT2D eigenvalue weighted by atomic mass is 9.99. The van der Waals surface area contributed by atoms with Crippen molar-refractivity contribution in [2.75, 3.05) is 26.1 Å². The summed E-state index contributed by atoms with van der Waals surface area (Å²) in [5.74, 6) is 0.645. The van der Waals surface area contributed by atoms with Gasteiger partial charge in [0.25, 0.3) is 0 Å². The number of anilines is 1. The number of methoxy groups -OCH3 is 1. The van der Waals surface area contributed by atoms with E-state index in [-0.39, 0.29) is 17.3 Å². The summed E-state index contributed by atoms with van der Waals surface area (Å²) in [4.78, 5) is 20.2. The normalized spacial score (nSPS) is 16.6. The number of carbonyl (C=O) groups is 1. The number of aromatic nitrogens is 2. The van der Waals surface area contributed by atoms with Crippen LogP contribution in [0.25, 0.3) is 0 Å². The van der Waals surface area contributed by atoms with Gasteiger partial charge < -0.3 is 15.2 Å². The van der Waals surface area contributed by atoms with E-state index >= 15 is 0 Å². The zero-order chi connectivity index (χ0) is 13.1. The van der Waals surface area contributed by atoms with Crippen LogP contribution >= 0.6 is 0 Å². The number of nitrogens with zero attached hydrogens (tertiary/aromatic N) is 2. The Morgan fingerprint density at radius 1 is 1.39 bits per heavy atom. The van der Waals surface area contributed by atoms with Crippen LogP contribution in [0.4, 0.5) is 5.82 Å². The molecule has 1 fully saturated rings. The molecular weight excluding hydrogens is 234 g/mol. The van der Waals surface area contributed by atoms with Crippen molar-refractivity contribution in [3.05, 3.63) is 17.1 Å². The maximum atomic E-state index is 11.5. The fourth-order valence-corrected chi connectivity index (χ4v) is 2.11. The topological polar surface area (TPSA) is 87.3 Å². The number of ether oxygens (including phenoxy) is 2. The van der Waals surface area contributed by atoms with Crippen molar-refractivity contribution in [3.8, 4) is 0 Å². The predicted molar refractivity (Wildman–Crippen MR) is 65.3 cm³/mol. The van der Waals surface area contributed by atoms with Gasteiger partial charge in [-0.05, 0) is 19.8 Å². The first-order chi connectivity index (χ1) is 8.63.